The number of hydrogen-bond donors (Lipinski definition) is 1. The maximum absolute atomic E-state index is 13.3. The molecule has 7 heteroatoms. The summed E-state index contributed by atoms with van der Waals surface area (Å²) < 4.78 is 13.3. The molecule has 2 saturated heterocycles. The molecule has 2 atom stereocenters. The Hall–Kier alpha value is -0.880. The predicted octanol–water partition coefficient (Wildman–Crippen LogP) is 2.44. The zero-order valence-corrected chi connectivity index (χ0v) is 15.3. The zero-order chi connectivity index (χ0) is 15.5. The van der Waals surface area contributed by atoms with Crippen molar-refractivity contribution >= 4 is 30.7 Å². The molecule has 0 aromatic heterocycles. The van der Waals surface area contributed by atoms with Gasteiger partial charge in [0.05, 0.1) is 5.92 Å². The number of nitrogens with zero attached hydrogens (tertiary/aromatic N) is 2. The fourth-order valence-electron chi connectivity index (χ4n) is 3.54. The van der Waals surface area contributed by atoms with Gasteiger partial charge in [-0.15, -0.1) is 24.8 Å². The summed E-state index contributed by atoms with van der Waals surface area (Å²) in [6, 6.07) is 6.85. The van der Waals surface area contributed by atoms with E-state index in [1.165, 1.54) is 6.07 Å². The normalized spacial score (nSPS) is 24.2. The van der Waals surface area contributed by atoms with Crippen molar-refractivity contribution in [3.63, 3.8) is 0 Å². The van der Waals surface area contributed by atoms with Crippen LogP contribution in [0.5, 0.6) is 0 Å². The van der Waals surface area contributed by atoms with Crippen molar-refractivity contribution in [2.24, 2.45) is 11.7 Å². The molecule has 2 heterocycles. The molecule has 0 saturated carbocycles. The number of rotatable bonds is 3. The third-order valence-corrected chi connectivity index (χ3v) is 4.69. The average Bonchev–Trinajstić information content (AvgIpc) is 2.93. The Morgan fingerprint density at radius 1 is 1.21 bits per heavy atom. The SMILES string of the molecule is Cl.Cl.N[C@@H]1CCN(C(=O)C2CCCN(Cc3cccc(F)c3)C2)C1. The molecule has 2 N–H and O–H groups in total. The van der Waals surface area contributed by atoms with Gasteiger partial charge < -0.3 is 10.6 Å². The van der Waals surface area contributed by atoms with Crippen molar-refractivity contribution in [3.8, 4) is 0 Å². The maximum atomic E-state index is 13.3. The van der Waals surface area contributed by atoms with Crippen LogP contribution >= 0.6 is 24.8 Å². The molecule has 1 aromatic carbocycles. The van der Waals surface area contributed by atoms with Crippen LogP contribution in [0.25, 0.3) is 0 Å². The second kappa shape index (κ2) is 9.56. The van der Waals surface area contributed by atoms with Crippen molar-refractivity contribution in [1.82, 2.24) is 9.80 Å². The molecular weight excluding hydrogens is 352 g/mol. The summed E-state index contributed by atoms with van der Waals surface area (Å²) >= 11 is 0. The Bertz CT molecular complexity index is 546. The van der Waals surface area contributed by atoms with E-state index in [0.717, 1.165) is 44.5 Å². The minimum atomic E-state index is -0.201. The van der Waals surface area contributed by atoms with E-state index in [9.17, 15) is 9.18 Å². The van der Waals surface area contributed by atoms with E-state index in [1.54, 1.807) is 12.1 Å². The first-order chi connectivity index (χ1) is 10.6. The molecule has 0 bridgehead atoms. The molecule has 1 aromatic rings. The average molecular weight is 378 g/mol. The highest BCUT2D eigenvalue weighted by atomic mass is 35.5. The van der Waals surface area contributed by atoms with E-state index in [4.69, 9.17) is 5.73 Å². The summed E-state index contributed by atoms with van der Waals surface area (Å²) in [6.45, 7) is 3.93. The lowest BCUT2D eigenvalue weighted by Crippen LogP contribution is -2.44. The third-order valence-electron chi connectivity index (χ3n) is 4.69. The van der Waals surface area contributed by atoms with Crippen molar-refractivity contribution < 1.29 is 9.18 Å². The molecule has 1 amide bonds. The Labute approximate surface area is 155 Å². The van der Waals surface area contributed by atoms with Crippen LogP contribution in [0.2, 0.25) is 0 Å². The number of piperidine rings is 1. The summed E-state index contributed by atoms with van der Waals surface area (Å²) in [5.74, 6) is 0.109. The van der Waals surface area contributed by atoms with Crippen molar-refractivity contribution in [2.75, 3.05) is 26.2 Å². The molecule has 4 nitrogen and oxygen atoms in total. The number of hydrogen-bond acceptors (Lipinski definition) is 3. The Kier molecular flexibility index (Phi) is 8.43. The number of benzene rings is 1. The standard InChI is InChI=1S/C17H24FN3O.2ClH/c18-15-5-1-3-13(9-15)10-20-7-2-4-14(11-20)17(22)21-8-6-16(19)12-21;;/h1,3,5,9,14,16H,2,4,6-8,10-12,19H2;2*1H/t14?,16-;;/m1../s1. The predicted molar refractivity (Wildman–Crippen MR) is 98.1 cm³/mol. The lowest BCUT2D eigenvalue weighted by atomic mass is 9.96. The van der Waals surface area contributed by atoms with Crippen LogP contribution < -0.4 is 5.73 Å². The highest BCUT2D eigenvalue weighted by Crippen LogP contribution is 2.22. The van der Waals surface area contributed by atoms with Gasteiger partial charge in [0.1, 0.15) is 5.82 Å². The van der Waals surface area contributed by atoms with Crippen LogP contribution in [0.4, 0.5) is 4.39 Å². The Morgan fingerprint density at radius 3 is 2.67 bits per heavy atom. The minimum Gasteiger partial charge on any atom is -0.341 e. The van der Waals surface area contributed by atoms with Gasteiger partial charge in [-0.05, 0) is 43.5 Å². The van der Waals surface area contributed by atoms with Gasteiger partial charge in [-0.25, -0.2) is 4.39 Å². The van der Waals surface area contributed by atoms with E-state index >= 15 is 0 Å². The van der Waals surface area contributed by atoms with Crippen LogP contribution in [0.15, 0.2) is 24.3 Å². The van der Waals surface area contributed by atoms with Crippen LogP contribution in [-0.2, 0) is 11.3 Å². The number of halogens is 3. The number of carbonyl (C=O) groups excluding carboxylic acids is 1. The Morgan fingerprint density at radius 2 is 2.00 bits per heavy atom. The van der Waals surface area contributed by atoms with E-state index < -0.39 is 0 Å². The zero-order valence-electron chi connectivity index (χ0n) is 13.7. The molecule has 3 rings (SSSR count). The first-order valence-electron chi connectivity index (χ1n) is 8.13. The van der Waals surface area contributed by atoms with Gasteiger partial charge in [-0.2, -0.15) is 0 Å². The van der Waals surface area contributed by atoms with Gasteiger partial charge in [-0.1, -0.05) is 12.1 Å². The number of likely N-dealkylation sites (tertiary alicyclic amines) is 2. The van der Waals surface area contributed by atoms with Gasteiger partial charge >= 0.3 is 0 Å². The highest BCUT2D eigenvalue weighted by Gasteiger charge is 2.32. The summed E-state index contributed by atoms with van der Waals surface area (Å²) in [5.41, 5.74) is 6.87. The van der Waals surface area contributed by atoms with Gasteiger partial charge in [0.25, 0.3) is 0 Å². The number of amides is 1. The van der Waals surface area contributed by atoms with Crippen LogP contribution in [0.3, 0.4) is 0 Å². The molecule has 136 valence electrons. The van der Waals surface area contributed by atoms with Gasteiger partial charge in [0.15, 0.2) is 0 Å². The van der Waals surface area contributed by atoms with E-state index in [-0.39, 0.29) is 48.5 Å². The van der Waals surface area contributed by atoms with Crippen LogP contribution in [0.1, 0.15) is 24.8 Å². The van der Waals surface area contributed by atoms with Gasteiger partial charge in [-0.3, -0.25) is 9.69 Å². The van der Waals surface area contributed by atoms with E-state index in [1.807, 2.05) is 11.0 Å². The van der Waals surface area contributed by atoms with Crippen molar-refractivity contribution in [3.05, 3.63) is 35.6 Å². The quantitative estimate of drug-likeness (QED) is 0.879. The van der Waals surface area contributed by atoms with E-state index in [0.29, 0.717) is 13.1 Å². The van der Waals surface area contributed by atoms with Gasteiger partial charge in [0, 0.05) is 32.2 Å². The lowest BCUT2D eigenvalue weighted by Gasteiger charge is -2.34. The highest BCUT2D eigenvalue weighted by molar-refractivity contribution is 5.85. The molecule has 2 aliphatic heterocycles. The first kappa shape index (κ1) is 21.2. The lowest BCUT2D eigenvalue weighted by molar-refractivity contribution is -0.136. The summed E-state index contributed by atoms with van der Waals surface area (Å²) in [6.07, 6.45) is 2.88. The molecule has 0 aliphatic carbocycles. The second-order valence-corrected chi connectivity index (χ2v) is 6.54. The summed E-state index contributed by atoms with van der Waals surface area (Å²) in [5, 5.41) is 0. The topological polar surface area (TPSA) is 49.6 Å². The maximum Gasteiger partial charge on any atom is 0.227 e. The molecular formula is C17H26Cl2FN3O. The number of carbonyl (C=O) groups is 1. The second-order valence-electron chi connectivity index (χ2n) is 6.54. The molecule has 0 spiro atoms. The van der Waals surface area contributed by atoms with Crippen molar-refractivity contribution in [2.45, 2.75) is 31.8 Å². The summed E-state index contributed by atoms with van der Waals surface area (Å²) in [4.78, 5) is 16.8. The third kappa shape index (κ3) is 5.31. The summed E-state index contributed by atoms with van der Waals surface area (Å²) in [7, 11) is 0. The van der Waals surface area contributed by atoms with E-state index in [2.05, 4.69) is 4.90 Å². The fraction of sp³-hybridized carbons (Fsp3) is 0.588. The fourth-order valence-corrected chi connectivity index (χ4v) is 3.54. The van der Waals surface area contributed by atoms with Crippen LogP contribution in [-0.4, -0.2) is 47.9 Å². The molecule has 2 fully saturated rings. The van der Waals surface area contributed by atoms with Crippen molar-refractivity contribution in [1.29, 1.82) is 0 Å². The Balaban J connectivity index is 0.00000144. The molecule has 1 unspecified atom stereocenters. The minimum absolute atomic E-state index is 0. The molecule has 2 aliphatic rings. The van der Waals surface area contributed by atoms with Gasteiger partial charge in [0.2, 0.25) is 5.91 Å². The number of nitrogens with two attached hydrogens (primary N) is 1. The largest absolute Gasteiger partial charge is 0.341 e. The molecule has 24 heavy (non-hydrogen) atoms. The first-order valence-corrected chi connectivity index (χ1v) is 8.13. The molecule has 0 radical (unpaired) electrons. The smallest absolute Gasteiger partial charge is 0.227 e. The van der Waals surface area contributed by atoms with Crippen LogP contribution in [0, 0.1) is 11.7 Å². The monoisotopic (exact) mass is 377 g/mol.